The molecule has 0 aromatic heterocycles. The highest BCUT2D eigenvalue weighted by molar-refractivity contribution is 6.08. The predicted octanol–water partition coefficient (Wildman–Crippen LogP) is 6.10. The number of carbonyl (C=O) groups is 1. The molecule has 168 valence electrons. The summed E-state index contributed by atoms with van der Waals surface area (Å²) in [5.74, 6) is 0.850. The smallest absolute Gasteiger partial charge is 0.257 e. The molecule has 3 aromatic rings. The summed E-state index contributed by atoms with van der Waals surface area (Å²) in [7, 11) is 1.55. The van der Waals surface area contributed by atoms with Gasteiger partial charge in [-0.25, -0.2) is 0 Å². The average molecular weight is 441 g/mol. The highest BCUT2D eigenvalue weighted by Crippen LogP contribution is 2.52. The SMILES string of the molecule is COc1cccc(C2Nc3c(C(=O)Nc4ccc(C)c(C)c4)cccc3C3C=CCC32)c1O. The molecule has 0 saturated carbocycles. The van der Waals surface area contributed by atoms with Crippen LogP contribution in [0.1, 0.15) is 51.0 Å². The van der Waals surface area contributed by atoms with E-state index in [9.17, 15) is 9.90 Å². The Morgan fingerprint density at radius 1 is 1.06 bits per heavy atom. The van der Waals surface area contributed by atoms with Gasteiger partial charge < -0.3 is 20.5 Å². The lowest BCUT2D eigenvalue weighted by atomic mass is 9.76. The third-order valence-electron chi connectivity index (χ3n) is 6.99. The summed E-state index contributed by atoms with van der Waals surface area (Å²) in [5, 5.41) is 17.5. The molecule has 5 rings (SSSR count). The van der Waals surface area contributed by atoms with Gasteiger partial charge in [-0.1, -0.05) is 42.5 Å². The van der Waals surface area contributed by atoms with E-state index >= 15 is 0 Å². The summed E-state index contributed by atoms with van der Waals surface area (Å²) in [4.78, 5) is 13.3. The van der Waals surface area contributed by atoms with Crippen molar-refractivity contribution in [3.05, 3.63) is 94.6 Å². The molecule has 2 aliphatic rings. The highest BCUT2D eigenvalue weighted by Gasteiger charge is 2.40. The number of allylic oxidation sites excluding steroid dienone is 2. The van der Waals surface area contributed by atoms with Gasteiger partial charge in [0.1, 0.15) is 0 Å². The normalized spacial score (nSPS) is 20.5. The molecule has 0 bridgehead atoms. The maximum Gasteiger partial charge on any atom is 0.257 e. The van der Waals surface area contributed by atoms with E-state index in [0.717, 1.165) is 34.5 Å². The van der Waals surface area contributed by atoms with Crippen LogP contribution in [0, 0.1) is 19.8 Å². The molecule has 3 atom stereocenters. The van der Waals surface area contributed by atoms with Crippen molar-refractivity contribution in [1.29, 1.82) is 0 Å². The molecule has 1 amide bonds. The van der Waals surface area contributed by atoms with Crippen LogP contribution in [0.4, 0.5) is 11.4 Å². The fraction of sp³-hybridized carbons (Fsp3) is 0.250. The first-order chi connectivity index (χ1) is 16.0. The maximum atomic E-state index is 13.3. The molecule has 0 spiro atoms. The van der Waals surface area contributed by atoms with Crippen LogP contribution in [-0.2, 0) is 0 Å². The van der Waals surface area contributed by atoms with Gasteiger partial charge in [0.2, 0.25) is 0 Å². The fourth-order valence-electron chi connectivity index (χ4n) is 5.09. The topological polar surface area (TPSA) is 70.6 Å². The molecule has 0 radical (unpaired) electrons. The Balaban J connectivity index is 1.54. The molecule has 33 heavy (non-hydrogen) atoms. The van der Waals surface area contributed by atoms with Crippen molar-refractivity contribution >= 4 is 17.3 Å². The van der Waals surface area contributed by atoms with Crippen LogP contribution in [0.25, 0.3) is 0 Å². The van der Waals surface area contributed by atoms with E-state index in [1.807, 2.05) is 49.4 Å². The van der Waals surface area contributed by atoms with Crippen molar-refractivity contribution in [2.24, 2.45) is 5.92 Å². The van der Waals surface area contributed by atoms with Gasteiger partial charge >= 0.3 is 0 Å². The van der Waals surface area contributed by atoms with E-state index in [4.69, 9.17) is 4.74 Å². The zero-order valence-electron chi connectivity index (χ0n) is 19.1. The molecule has 3 N–H and O–H groups in total. The van der Waals surface area contributed by atoms with Gasteiger partial charge in [-0.05, 0) is 67.1 Å². The minimum absolute atomic E-state index is 0.142. The summed E-state index contributed by atoms with van der Waals surface area (Å²) in [6, 6.07) is 17.2. The Bertz CT molecular complexity index is 1260. The number of amides is 1. The van der Waals surface area contributed by atoms with Crippen molar-refractivity contribution in [1.82, 2.24) is 0 Å². The third kappa shape index (κ3) is 3.63. The zero-order valence-corrected chi connectivity index (χ0v) is 19.1. The second-order valence-corrected chi connectivity index (χ2v) is 8.90. The van der Waals surface area contributed by atoms with Gasteiger partial charge in [0.05, 0.1) is 24.4 Å². The number of para-hydroxylation sites is 2. The predicted molar refractivity (Wildman–Crippen MR) is 131 cm³/mol. The lowest BCUT2D eigenvalue weighted by Crippen LogP contribution is -2.31. The van der Waals surface area contributed by atoms with E-state index in [-0.39, 0.29) is 29.5 Å². The second kappa shape index (κ2) is 8.32. The number of fused-ring (bicyclic) bond motifs is 3. The van der Waals surface area contributed by atoms with Gasteiger partial charge in [-0.15, -0.1) is 0 Å². The standard InChI is InChI=1S/C28H28N2O3/c1-16-13-14-18(15-17(16)2)29-28(32)23-11-5-9-21-19-7-4-8-20(19)25(30-26(21)23)22-10-6-12-24(33-3)27(22)31/h4-7,9-15,19-20,25,30-31H,8H2,1-3H3,(H,29,32). The number of ether oxygens (including phenoxy) is 1. The first-order valence-electron chi connectivity index (χ1n) is 11.3. The van der Waals surface area contributed by atoms with Gasteiger partial charge in [-0.2, -0.15) is 0 Å². The average Bonchev–Trinajstić information content (AvgIpc) is 3.31. The van der Waals surface area contributed by atoms with E-state index in [2.05, 4.69) is 35.8 Å². The summed E-state index contributed by atoms with van der Waals surface area (Å²) in [6.07, 6.45) is 5.31. The van der Waals surface area contributed by atoms with Crippen LogP contribution in [0.5, 0.6) is 11.5 Å². The lowest BCUT2D eigenvalue weighted by molar-refractivity contribution is 0.102. The number of aryl methyl sites for hydroxylation is 2. The minimum Gasteiger partial charge on any atom is -0.504 e. The van der Waals surface area contributed by atoms with Crippen LogP contribution >= 0.6 is 0 Å². The number of benzene rings is 3. The minimum atomic E-state index is -0.156. The number of phenols is 1. The van der Waals surface area contributed by atoms with Crippen LogP contribution < -0.4 is 15.4 Å². The zero-order chi connectivity index (χ0) is 23.1. The Kier molecular flexibility index (Phi) is 5.33. The summed E-state index contributed by atoms with van der Waals surface area (Å²) >= 11 is 0. The number of anilines is 2. The number of nitrogens with one attached hydrogen (secondary N) is 2. The maximum absolute atomic E-state index is 13.3. The fourth-order valence-corrected chi connectivity index (χ4v) is 5.09. The summed E-state index contributed by atoms with van der Waals surface area (Å²) in [6.45, 7) is 4.09. The van der Waals surface area contributed by atoms with Crippen molar-refractivity contribution in [3.8, 4) is 11.5 Å². The number of hydrogen-bond donors (Lipinski definition) is 3. The van der Waals surface area contributed by atoms with Crippen LogP contribution in [-0.4, -0.2) is 18.1 Å². The summed E-state index contributed by atoms with van der Waals surface area (Å²) in [5.41, 5.74) is 6.40. The molecule has 3 unspecified atom stereocenters. The van der Waals surface area contributed by atoms with E-state index in [0.29, 0.717) is 11.3 Å². The molecular formula is C28H28N2O3. The molecule has 1 heterocycles. The van der Waals surface area contributed by atoms with Crippen molar-refractivity contribution in [2.45, 2.75) is 32.2 Å². The number of aromatic hydroxyl groups is 1. The molecular weight excluding hydrogens is 412 g/mol. The second-order valence-electron chi connectivity index (χ2n) is 8.90. The largest absolute Gasteiger partial charge is 0.504 e. The molecule has 1 aliphatic carbocycles. The van der Waals surface area contributed by atoms with E-state index in [1.54, 1.807) is 13.2 Å². The molecule has 0 fully saturated rings. The number of rotatable bonds is 4. The van der Waals surface area contributed by atoms with E-state index in [1.165, 1.54) is 5.56 Å². The van der Waals surface area contributed by atoms with Crippen LogP contribution in [0.15, 0.2) is 66.7 Å². The van der Waals surface area contributed by atoms with E-state index < -0.39 is 0 Å². The summed E-state index contributed by atoms with van der Waals surface area (Å²) < 4.78 is 5.35. The third-order valence-corrected chi connectivity index (χ3v) is 6.99. The first-order valence-corrected chi connectivity index (χ1v) is 11.3. The van der Waals surface area contributed by atoms with Gasteiger partial charge in [0.25, 0.3) is 5.91 Å². The van der Waals surface area contributed by atoms with Crippen molar-refractivity contribution in [2.75, 3.05) is 17.7 Å². The molecule has 5 heteroatoms. The number of hydrogen-bond acceptors (Lipinski definition) is 4. The first kappa shape index (κ1) is 21.1. The monoisotopic (exact) mass is 440 g/mol. The van der Waals surface area contributed by atoms with Crippen molar-refractivity contribution < 1.29 is 14.6 Å². The van der Waals surface area contributed by atoms with Crippen LogP contribution in [0.2, 0.25) is 0 Å². The van der Waals surface area contributed by atoms with Gasteiger partial charge in [-0.3, -0.25) is 4.79 Å². The van der Waals surface area contributed by atoms with Crippen molar-refractivity contribution in [3.63, 3.8) is 0 Å². The Labute approximate surface area is 194 Å². The Morgan fingerprint density at radius 3 is 2.64 bits per heavy atom. The Morgan fingerprint density at radius 2 is 1.85 bits per heavy atom. The molecule has 5 nitrogen and oxygen atoms in total. The van der Waals surface area contributed by atoms with Gasteiger partial charge in [0.15, 0.2) is 11.5 Å². The molecule has 0 saturated heterocycles. The molecule has 1 aliphatic heterocycles. The number of carbonyl (C=O) groups excluding carboxylic acids is 1. The number of phenolic OH excluding ortho intramolecular Hbond substituents is 1. The number of methoxy groups -OCH3 is 1. The molecule has 3 aromatic carbocycles. The lowest BCUT2D eigenvalue weighted by Gasteiger charge is -2.38. The van der Waals surface area contributed by atoms with Gasteiger partial charge in [0, 0.05) is 17.2 Å². The van der Waals surface area contributed by atoms with Crippen LogP contribution in [0.3, 0.4) is 0 Å². The quantitative estimate of drug-likeness (QED) is 0.429. The highest BCUT2D eigenvalue weighted by atomic mass is 16.5. The Hall–Kier alpha value is -3.73.